The van der Waals surface area contributed by atoms with E-state index in [0.29, 0.717) is 27.8 Å². The number of ether oxygens (including phenoxy) is 2. The van der Waals surface area contributed by atoms with Crippen molar-refractivity contribution in [2.75, 3.05) is 25.1 Å². The van der Waals surface area contributed by atoms with Crippen LogP contribution in [-0.2, 0) is 26.2 Å². The van der Waals surface area contributed by atoms with Gasteiger partial charge in [0.2, 0.25) is 11.8 Å². The SMILES string of the molecule is CC[C@@H](C)NC(=O)[C@H](C)N(Cc1ccc(Cl)c(Cl)c1)C(=O)CN(c1ccc(C)cc1)S(=O)(=O)c1ccc(OC)c(OC)c1. The molecule has 3 aromatic carbocycles. The van der Waals surface area contributed by atoms with E-state index in [1.54, 1.807) is 49.4 Å². The van der Waals surface area contributed by atoms with Gasteiger partial charge in [-0.3, -0.25) is 13.9 Å². The van der Waals surface area contributed by atoms with Crippen LogP contribution in [0.15, 0.2) is 65.6 Å². The lowest BCUT2D eigenvalue weighted by atomic mass is 10.1. The van der Waals surface area contributed by atoms with Gasteiger partial charge < -0.3 is 19.7 Å². The Balaban J connectivity index is 2.08. The van der Waals surface area contributed by atoms with Gasteiger partial charge >= 0.3 is 0 Å². The van der Waals surface area contributed by atoms with E-state index in [4.69, 9.17) is 32.7 Å². The highest BCUT2D eigenvalue weighted by Gasteiger charge is 2.33. The number of anilines is 1. The molecule has 2 atom stereocenters. The lowest BCUT2D eigenvalue weighted by Gasteiger charge is -2.32. The van der Waals surface area contributed by atoms with Gasteiger partial charge in [-0.05, 0) is 69.2 Å². The van der Waals surface area contributed by atoms with E-state index in [2.05, 4.69) is 5.32 Å². The quantitative estimate of drug-likeness (QED) is 0.249. The molecular weight excluding hydrogens is 613 g/mol. The molecule has 0 aliphatic carbocycles. The maximum absolute atomic E-state index is 14.1. The summed E-state index contributed by atoms with van der Waals surface area (Å²) in [6.07, 6.45) is 0.698. The van der Waals surface area contributed by atoms with Crippen LogP contribution in [0.3, 0.4) is 0 Å². The molecule has 0 bridgehead atoms. The Morgan fingerprint density at radius 3 is 2.14 bits per heavy atom. The van der Waals surface area contributed by atoms with Gasteiger partial charge in [0.05, 0.1) is 34.8 Å². The molecule has 0 radical (unpaired) electrons. The van der Waals surface area contributed by atoms with E-state index in [-0.39, 0.29) is 34.8 Å². The highest BCUT2D eigenvalue weighted by molar-refractivity contribution is 7.92. The smallest absolute Gasteiger partial charge is 0.264 e. The predicted octanol–water partition coefficient (Wildman–Crippen LogP) is 5.85. The zero-order valence-corrected chi connectivity index (χ0v) is 27.4. The second-order valence-corrected chi connectivity index (χ2v) is 12.8. The molecule has 2 amide bonds. The standard InChI is InChI=1S/C31H37Cl2N3O6S/c1-7-21(3)34-31(38)22(4)35(18-23-10-14-26(32)27(33)16-23)30(37)19-36(24-11-8-20(2)9-12-24)43(39,40)25-13-15-28(41-5)29(17-25)42-6/h8-17,21-22H,7,18-19H2,1-6H3,(H,34,38)/t21-,22+/m1/s1. The molecule has 1 N–H and O–H groups in total. The molecule has 3 rings (SSSR count). The van der Waals surface area contributed by atoms with Crippen molar-refractivity contribution in [2.24, 2.45) is 0 Å². The van der Waals surface area contributed by atoms with Crippen LogP contribution in [0, 0.1) is 6.92 Å². The van der Waals surface area contributed by atoms with Crippen molar-refractivity contribution in [3.8, 4) is 11.5 Å². The van der Waals surface area contributed by atoms with Crippen LogP contribution in [0.5, 0.6) is 11.5 Å². The highest BCUT2D eigenvalue weighted by atomic mass is 35.5. The summed E-state index contributed by atoms with van der Waals surface area (Å²) >= 11 is 12.3. The summed E-state index contributed by atoms with van der Waals surface area (Å²) in [4.78, 5) is 28.5. The first-order chi connectivity index (χ1) is 20.3. The Labute approximate surface area is 263 Å². The van der Waals surface area contributed by atoms with Gasteiger partial charge in [0.1, 0.15) is 12.6 Å². The van der Waals surface area contributed by atoms with Gasteiger partial charge in [0.15, 0.2) is 11.5 Å². The van der Waals surface area contributed by atoms with Crippen molar-refractivity contribution in [2.45, 2.75) is 57.6 Å². The number of amides is 2. The van der Waals surface area contributed by atoms with E-state index >= 15 is 0 Å². The maximum Gasteiger partial charge on any atom is 0.264 e. The van der Waals surface area contributed by atoms with Gasteiger partial charge in [-0.25, -0.2) is 8.42 Å². The van der Waals surface area contributed by atoms with Crippen LogP contribution in [0.4, 0.5) is 5.69 Å². The zero-order chi connectivity index (χ0) is 31.9. The van der Waals surface area contributed by atoms with Gasteiger partial charge in [-0.15, -0.1) is 0 Å². The molecule has 0 fully saturated rings. The third-order valence-electron chi connectivity index (χ3n) is 7.05. The molecule has 0 heterocycles. The Morgan fingerprint density at radius 2 is 1.56 bits per heavy atom. The fraction of sp³-hybridized carbons (Fsp3) is 0.355. The van der Waals surface area contributed by atoms with Crippen molar-refractivity contribution in [1.82, 2.24) is 10.2 Å². The van der Waals surface area contributed by atoms with Crippen LogP contribution in [0.25, 0.3) is 0 Å². The summed E-state index contributed by atoms with van der Waals surface area (Å²) in [6.45, 7) is 6.69. The highest BCUT2D eigenvalue weighted by Crippen LogP contribution is 2.32. The van der Waals surface area contributed by atoms with Crippen molar-refractivity contribution in [1.29, 1.82) is 0 Å². The summed E-state index contributed by atoms with van der Waals surface area (Å²) in [5.41, 5.74) is 1.81. The molecular formula is C31H37Cl2N3O6S. The number of benzene rings is 3. The van der Waals surface area contributed by atoms with Gasteiger partial charge in [0.25, 0.3) is 10.0 Å². The van der Waals surface area contributed by atoms with Crippen molar-refractivity contribution in [3.63, 3.8) is 0 Å². The zero-order valence-electron chi connectivity index (χ0n) is 25.1. The van der Waals surface area contributed by atoms with Crippen molar-refractivity contribution in [3.05, 3.63) is 81.8 Å². The Kier molecular flexibility index (Phi) is 11.7. The minimum Gasteiger partial charge on any atom is -0.493 e. The van der Waals surface area contributed by atoms with Crippen LogP contribution >= 0.6 is 23.2 Å². The van der Waals surface area contributed by atoms with E-state index < -0.39 is 28.5 Å². The number of hydrogen-bond donors (Lipinski definition) is 1. The molecule has 0 aliphatic heterocycles. The molecule has 12 heteroatoms. The molecule has 0 saturated heterocycles. The number of aryl methyl sites for hydroxylation is 1. The van der Waals surface area contributed by atoms with Crippen LogP contribution in [-0.4, -0.2) is 58.0 Å². The molecule has 0 aromatic heterocycles. The molecule has 9 nitrogen and oxygen atoms in total. The van der Waals surface area contributed by atoms with Gasteiger partial charge in [-0.1, -0.05) is 53.9 Å². The molecule has 0 spiro atoms. The average Bonchev–Trinajstić information content (AvgIpc) is 2.99. The fourth-order valence-corrected chi connectivity index (χ4v) is 5.98. The van der Waals surface area contributed by atoms with Crippen LogP contribution < -0.4 is 19.1 Å². The Hall–Kier alpha value is -3.47. The number of nitrogens with zero attached hydrogens (tertiary/aromatic N) is 2. The van der Waals surface area contributed by atoms with E-state index in [1.165, 1.54) is 37.3 Å². The number of carbonyl (C=O) groups excluding carboxylic acids is 2. The third-order valence-corrected chi connectivity index (χ3v) is 9.56. The summed E-state index contributed by atoms with van der Waals surface area (Å²) in [5, 5.41) is 3.54. The van der Waals surface area contributed by atoms with E-state index in [0.717, 1.165) is 9.87 Å². The lowest BCUT2D eigenvalue weighted by Crippen LogP contribution is -2.52. The van der Waals surface area contributed by atoms with Crippen LogP contribution in [0.2, 0.25) is 10.0 Å². The number of sulfonamides is 1. The number of hydrogen-bond acceptors (Lipinski definition) is 6. The topological polar surface area (TPSA) is 105 Å². The monoisotopic (exact) mass is 649 g/mol. The summed E-state index contributed by atoms with van der Waals surface area (Å²) < 4.78 is 39.9. The molecule has 3 aromatic rings. The molecule has 43 heavy (non-hydrogen) atoms. The molecule has 0 aliphatic rings. The summed E-state index contributed by atoms with van der Waals surface area (Å²) in [5.74, 6) is -0.390. The Bertz CT molecular complexity index is 1550. The average molecular weight is 651 g/mol. The van der Waals surface area contributed by atoms with Crippen molar-refractivity contribution >= 4 is 50.7 Å². The van der Waals surface area contributed by atoms with Crippen LogP contribution in [0.1, 0.15) is 38.3 Å². The number of rotatable bonds is 13. The van der Waals surface area contributed by atoms with Gasteiger partial charge in [0, 0.05) is 18.7 Å². The number of methoxy groups -OCH3 is 2. The summed E-state index contributed by atoms with van der Waals surface area (Å²) in [7, 11) is -1.44. The molecule has 232 valence electrons. The first-order valence-electron chi connectivity index (χ1n) is 13.7. The molecule has 0 unspecified atom stereocenters. The largest absolute Gasteiger partial charge is 0.493 e. The predicted molar refractivity (Wildman–Crippen MR) is 170 cm³/mol. The van der Waals surface area contributed by atoms with Crippen molar-refractivity contribution < 1.29 is 27.5 Å². The number of halogens is 2. The Morgan fingerprint density at radius 1 is 0.907 bits per heavy atom. The fourth-order valence-electron chi connectivity index (χ4n) is 4.23. The number of carbonyl (C=O) groups is 2. The van der Waals surface area contributed by atoms with E-state index in [1.807, 2.05) is 20.8 Å². The first-order valence-corrected chi connectivity index (χ1v) is 15.9. The molecule has 0 saturated carbocycles. The second kappa shape index (κ2) is 14.8. The van der Waals surface area contributed by atoms with Gasteiger partial charge in [-0.2, -0.15) is 0 Å². The minimum atomic E-state index is -4.30. The maximum atomic E-state index is 14.1. The lowest BCUT2D eigenvalue weighted by molar-refractivity contribution is -0.139. The van der Waals surface area contributed by atoms with E-state index in [9.17, 15) is 18.0 Å². The second-order valence-electron chi connectivity index (χ2n) is 10.1. The number of nitrogens with one attached hydrogen (secondary N) is 1. The first kappa shape index (κ1) is 34.0. The minimum absolute atomic E-state index is 0.0110. The third kappa shape index (κ3) is 8.34. The normalized spacial score (nSPS) is 12.7. The summed E-state index contributed by atoms with van der Waals surface area (Å²) in [6, 6.07) is 14.9.